The van der Waals surface area contributed by atoms with Gasteiger partial charge >= 0.3 is 88.1 Å². The zero-order valence-electron chi connectivity index (χ0n) is 13.2. The number of carbonyl (C=O) groups excluding carboxylic acids is 1. The number of carbonyl (C=O) groups is 1. The van der Waals surface area contributed by atoms with Gasteiger partial charge in [0.15, 0.2) is 0 Å². The molecule has 26 heavy (non-hydrogen) atoms. The van der Waals surface area contributed by atoms with Crippen LogP contribution in [0.2, 0.25) is 5.02 Å². The Balaban J connectivity index is 0.000000273. The van der Waals surface area contributed by atoms with Crippen LogP contribution in [0.25, 0.3) is 0 Å². The molecule has 0 saturated heterocycles. The number of halogens is 1. The second-order valence-electron chi connectivity index (χ2n) is 4.86. The molecule has 5 N–H and O–H groups in total. The largest absolute Gasteiger partial charge is 0.294 e. The minimum absolute atomic E-state index is 0.190. The molecule has 0 bridgehead atoms. The van der Waals surface area contributed by atoms with Crippen molar-refractivity contribution in [1.29, 1.82) is 0 Å². The van der Waals surface area contributed by atoms with Gasteiger partial charge in [0.2, 0.25) is 0 Å². The van der Waals surface area contributed by atoms with Crippen molar-refractivity contribution in [1.82, 2.24) is 0 Å². The molecular weight excluding hydrogens is 453 g/mol. The Labute approximate surface area is 157 Å². The summed E-state index contributed by atoms with van der Waals surface area (Å²) in [6, 6.07) is 8.92. The van der Waals surface area contributed by atoms with Gasteiger partial charge in [-0.25, -0.2) is 0 Å². The number of hydrogen-bond donors (Lipinski definition) is 5. The van der Waals surface area contributed by atoms with Crippen LogP contribution in [0, 0.1) is 0 Å². The van der Waals surface area contributed by atoms with Gasteiger partial charge in [-0.15, -0.1) is 0 Å². The number of nitrogens with one attached hydrogen (secondary N) is 1. The summed E-state index contributed by atoms with van der Waals surface area (Å²) >= 11 is 0.388. The molecule has 2 aromatic carbocycles. The summed E-state index contributed by atoms with van der Waals surface area (Å²) in [7, 11) is -4.11. The summed E-state index contributed by atoms with van der Waals surface area (Å²) in [5.74, 6) is -0.850. The van der Waals surface area contributed by atoms with E-state index in [0.717, 1.165) is 12.1 Å². The molecule has 0 atom stereocenters. The monoisotopic (exact) mass is 467 g/mol. The summed E-state index contributed by atoms with van der Waals surface area (Å²) in [6.45, 7) is 1.29. The molecule has 142 valence electrons. The molecular formula is C14H15AsClNO8S. The average Bonchev–Trinajstić information content (AvgIpc) is 2.45. The molecule has 0 radical (unpaired) electrons. The first-order valence-electron chi connectivity index (χ1n) is 6.70. The number of hydrogen-bond acceptors (Lipinski definition) is 5. The quantitative estimate of drug-likeness (QED) is 0.322. The van der Waals surface area contributed by atoms with Gasteiger partial charge in [-0.1, -0.05) is 17.7 Å². The van der Waals surface area contributed by atoms with E-state index in [0.29, 0.717) is 0 Å². The van der Waals surface area contributed by atoms with Crippen LogP contribution in [-0.2, 0) is 18.7 Å². The maximum atomic E-state index is 10.9. The maximum absolute atomic E-state index is 10.9. The van der Waals surface area contributed by atoms with Gasteiger partial charge in [0.1, 0.15) is 0 Å². The molecule has 2 rings (SSSR count). The molecule has 0 aromatic heterocycles. The first-order valence-corrected chi connectivity index (χ1v) is 11.9. The van der Waals surface area contributed by atoms with Crippen LogP contribution < -0.4 is 9.67 Å². The van der Waals surface area contributed by atoms with Crippen LogP contribution in [0.1, 0.15) is 6.92 Å². The minimum atomic E-state index is -5.09. The number of phenols is 1. The van der Waals surface area contributed by atoms with Gasteiger partial charge in [-0.05, 0) is 18.2 Å². The number of phenolic OH excluding ortho intramolecular Hbond substituents is 1. The number of benzene rings is 2. The van der Waals surface area contributed by atoms with E-state index in [1.165, 1.54) is 37.3 Å². The summed E-state index contributed by atoms with van der Waals surface area (Å²) in [5.41, 5.74) is 0.285. The first kappa shape index (κ1) is 22.2. The van der Waals surface area contributed by atoms with Crippen molar-refractivity contribution >= 4 is 51.8 Å². The minimum Gasteiger partial charge on any atom is -0.282 e. The normalized spacial score (nSPS) is 11.3. The Morgan fingerprint density at radius 1 is 1.15 bits per heavy atom. The van der Waals surface area contributed by atoms with Crippen molar-refractivity contribution in [3.63, 3.8) is 0 Å². The third-order valence-corrected chi connectivity index (χ3v) is 5.90. The van der Waals surface area contributed by atoms with E-state index in [1.54, 1.807) is 0 Å². The predicted molar refractivity (Wildman–Crippen MR) is 94.2 cm³/mol. The van der Waals surface area contributed by atoms with Gasteiger partial charge in [0.25, 0.3) is 10.1 Å². The molecule has 0 aliphatic rings. The van der Waals surface area contributed by atoms with Crippen LogP contribution >= 0.6 is 11.6 Å². The Morgan fingerprint density at radius 3 is 2.15 bits per heavy atom. The molecule has 0 aliphatic heterocycles. The fraction of sp³-hybridized carbons (Fsp3) is 0.0714. The van der Waals surface area contributed by atoms with E-state index in [9.17, 15) is 22.1 Å². The zero-order valence-corrected chi connectivity index (χ0v) is 16.6. The summed E-state index contributed by atoms with van der Waals surface area (Å²) < 4.78 is 57.7. The SMILES string of the molecule is CC(=O)Nc1ccc([As](=O)(O)O)c(O)c1.O=S(=O)(O)c1cccc(Cl)c1. The second-order valence-corrected chi connectivity index (χ2v) is 10.0. The summed E-state index contributed by atoms with van der Waals surface area (Å²) in [6.07, 6.45) is 0. The van der Waals surface area contributed by atoms with Crippen LogP contribution in [0.15, 0.2) is 47.4 Å². The zero-order chi connectivity index (χ0) is 20.1. The fourth-order valence-corrected chi connectivity index (χ4v) is 3.79. The van der Waals surface area contributed by atoms with Crippen molar-refractivity contribution in [2.75, 3.05) is 5.32 Å². The third kappa shape index (κ3) is 7.20. The van der Waals surface area contributed by atoms with E-state index in [-0.39, 0.29) is 21.5 Å². The fourth-order valence-electron chi connectivity index (χ4n) is 1.68. The van der Waals surface area contributed by atoms with Crippen molar-refractivity contribution in [3.05, 3.63) is 47.5 Å². The van der Waals surface area contributed by atoms with Crippen LogP contribution in [0.5, 0.6) is 5.75 Å². The molecule has 0 spiro atoms. The maximum Gasteiger partial charge on any atom is 0.294 e. The van der Waals surface area contributed by atoms with Gasteiger partial charge < -0.3 is 0 Å². The van der Waals surface area contributed by atoms with E-state index in [4.69, 9.17) is 24.3 Å². The smallest absolute Gasteiger partial charge is 0.282 e. The van der Waals surface area contributed by atoms with Crippen molar-refractivity contribution in [2.45, 2.75) is 11.8 Å². The predicted octanol–water partition coefficient (Wildman–Crippen LogP) is 0.498. The van der Waals surface area contributed by atoms with Crippen LogP contribution in [0.4, 0.5) is 5.69 Å². The number of amides is 1. The van der Waals surface area contributed by atoms with Crippen molar-refractivity contribution in [2.24, 2.45) is 0 Å². The van der Waals surface area contributed by atoms with Gasteiger partial charge in [-0.3, -0.25) is 4.55 Å². The molecule has 9 nitrogen and oxygen atoms in total. The molecule has 0 unspecified atom stereocenters. The van der Waals surface area contributed by atoms with Crippen molar-refractivity contribution in [3.8, 4) is 5.75 Å². The first-order chi connectivity index (χ1) is 11.8. The second kappa shape index (κ2) is 8.72. The van der Waals surface area contributed by atoms with Crippen LogP contribution in [0.3, 0.4) is 0 Å². The number of anilines is 1. The Hall–Kier alpha value is -1.81. The summed E-state index contributed by atoms with van der Waals surface area (Å²) in [5, 5.41) is 12.0. The Morgan fingerprint density at radius 2 is 1.77 bits per heavy atom. The standard InChI is InChI=1S/C8H10AsNO5.C6H5ClO3S/c1-5(11)10-6-2-3-7(8(12)4-6)9(13,14)15;7-5-2-1-3-6(4-5)11(8,9)10/h2-4,12H,1H3,(H,10,11)(H2,13,14,15);1-4H,(H,8,9,10). The summed E-state index contributed by atoms with van der Waals surface area (Å²) in [4.78, 5) is 10.5. The van der Waals surface area contributed by atoms with Gasteiger partial charge in [0.05, 0.1) is 4.90 Å². The molecule has 12 heteroatoms. The van der Waals surface area contributed by atoms with E-state index in [1.807, 2.05) is 0 Å². The Bertz CT molecular complexity index is 957. The number of rotatable bonds is 3. The van der Waals surface area contributed by atoms with E-state index >= 15 is 0 Å². The third-order valence-electron chi connectivity index (χ3n) is 2.70. The van der Waals surface area contributed by atoms with E-state index < -0.39 is 34.4 Å². The molecule has 0 fully saturated rings. The number of aromatic hydroxyl groups is 1. The average molecular weight is 468 g/mol. The van der Waals surface area contributed by atoms with Crippen molar-refractivity contribution < 1.29 is 34.8 Å². The van der Waals surface area contributed by atoms with Gasteiger partial charge in [-0.2, -0.15) is 8.42 Å². The Kier molecular flexibility index (Phi) is 7.45. The topological polar surface area (TPSA) is 161 Å². The van der Waals surface area contributed by atoms with E-state index in [2.05, 4.69) is 5.32 Å². The molecule has 2 aromatic rings. The molecule has 0 aliphatic carbocycles. The molecule has 1 amide bonds. The van der Waals surface area contributed by atoms with Crippen LogP contribution in [-0.4, -0.2) is 46.3 Å². The molecule has 0 heterocycles. The molecule has 0 saturated carbocycles. The van der Waals surface area contributed by atoms with Gasteiger partial charge in [0, 0.05) is 5.02 Å².